The van der Waals surface area contributed by atoms with Crippen molar-refractivity contribution in [2.24, 2.45) is 0 Å². The molecule has 0 saturated carbocycles. The van der Waals surface area contributed by atoms with E-state index in [-0.39, 0.29) is 0 Å². The summed E-state index contributed by atoms with van der Waals surface area (Å²) in [5.41, 5.74) is 1.26. The third-order valence-corrected chi connectivity index (χ3v) is 2.31. The molecule has 2 nitrogen and oxygen atoms in total. The lowest BCUT2D eigenvalue weighted by atomic mass is 10.1. The van der Waals surface area contributed by atoms with Crippen LogP contribution in [0.5, 0.6) is 0 Å². The van der Waals surface area contributed by atoms with Gasteiger partial charge in [0.05, 0.1) is 0 Å². The summed E-state index contributed by atoms with van der Waals surface area (Å²) in [7, 11) is 0. The topological polar surface area (TPSA) is 29.1 Å². The first-order valence-electron chi connectivity index (χ1n) is 5.07. The molecule has 0 unspecified atom stereocenters. The van der Waals surface area contributed by atoms with Crippen molar-refractivity contribution in [1.82, 2.24) is 5.32 Å². The van der Waals surface area contributed by atoms with Crippen LogP contribution < -0.4 is 5.32 Å². The van der Waals surface area contributed by atoms with E-state index in [1.54, 1.807) is 0 Å². The molecule has 1 aromatic carbocycles. The minimum absolute atomic E-state index is 0.313. The Labute approximate surface area is 85.3 Å². The largest absolute Gasteiger partial charge is 0.310 e. The predicted molar refractivity (Wildman–Crippen MR) is 58.0 cm³/mol. The minimum Gasteiger partial charge on any atom is -0.310 e. The van der Waals surface area contributed by atoms with Crippen molar-refractivity contribution in [2.45, 2.75) is 32.4 Å². The van der Waals surface area contributed by atoms with E-state index in [1.165, 1.54) is 5.56 Å². The summed E-state index contributed by atoms with van der Waals surface area (Å²) < 4.78 is 0. The van der Waals surface area contributed by atoms with Crippen LogP contribution in [-0.2, 0) is 11.3 Å². The molecule has 0 aliphatic carbocycles. The fraction of sp³-hybridized carbons (Fsp3) is 0.417. The van der Waals surface area contributed by atoms with Gasteiger partial charge in [0, 0.05) is 19.0 Å². The number of hydrogen-bond acceptors (Lipinski definition) is 2. The summed E-state index contributed by atoms with van der Waals surface area (Å²) in [6.07, 6.45) is 2.57. The molecule has 1 aromatic rings. The highest BCUT2D eigenvalue weighted by Gasteiger charge is 2.03. The lowest BCUT2D eigenvalue weighted by Gasteiger charge is -2.13. The van der Waals surface area contributed by atoms with Crippen LogP contribution in [0.25, 0.3) is 0 Å². The molecule has 1 N–H and O–H groups in total. The second-order valence-corrected chi connectivity index (χ2v) is 3.37. The van der Waals surface area contributed by atoms with Crippen molar-refractivity contribution < 1.29 is 4.79 Å². The minimum atomic E-state index is 0.313. The van der Waals surface area contributed by atoms with E-state index in [2.05, 4.69) is 24.4 Å². The van der Waals surface area contributed by atoms with Crippen molar-refractivity contribution in [3.05, 3.63) is 35.9 Å². The molecule has 1 atom stereocenters. The average molecular weight is 191 g/mol. The molecular formula is C12H17NO. The molecule has 2 heteroatoms. The van der Waals surface area contributed by atoms with Crippen LogP contribution in [0, 0.1) is 0 Å². The van der Waals surface area contributed by atoms with E-state index in [0.717, 1.165) is 19.3 Å². The molecular weight excluding hydrogens is 174 g/mol. The summed E-state index contributed by atoms with van der Waals surface area (Å²) in [5, 5.41) is 3.36. The second-order valence-electron chi connectivity index (χ2n) is 3.37. The van der Waals surface area contributed by atoms with Crippen molar-refractivity contribution >= 4 is 6.29 Å². The second kappa shape index (κ2) is 6.33. The number of hydrogen-bond donors (Lipinski definition) is 1. The standard InChI is InChI=1S/C12H17NO/c1-2-12(8-9-14)13-10-11-6-4-3-5-7-11/h3-7,9,12-13H,2,8,10H2,1H3/t12-/m0/s1. The van der Waals surface area contributed by atoms with E-state index in [9.17, 15) is 4.79 Å². The van der Waals surface area contributed by atoms with Crippen LogP contribution in [0.1, 0.15) is 25.3 Å². The summed E-state index contributed by atoms with van der Waals surface area (Å²) >= 11 is 0. The zero-order valence-electron chi connectivity index (χ0n) is 8.57. The average Bonchev–Trinajstić information content (AvgIpc) is 2.25. The fourth-order valence-corrected chi connectivity index (χ4v) is 1.37. The SMILES string of the molecule is CC[C@@H](CC=O)NCc1ccccc1. The van der Waals surface area contributed by atoms with Crippen LogP contribution in [0.2, 0.25) is 0 Å². The molecule has 0 heterocycles. The van der Waals surface area contributed by atoms with Gasteiger partial charge in [0.15, 0.2) is 0 Å². The maximum absolute atomic E-state index is 10.3. The maximum atomic E-state index is 10.3. The smallest absolute Gasteiger partial charge is 0.121 e. The van der Waals surface area contributed by atoms with Crippen LogP contribution in [-0.4, -0.2) is 12.3 Å². The monoisotopic (exact) mass is 191 g/mol. The van der Waals surface area contributed by atoms with Gasteiger partial charge in [0.1, 0.15) is 6.29 Å². The Morgan fingerprint density at radius 3 is 2.64 bits per heavy atom. The van der Waals surface area contributed by atoms with Gasteiger partial charge < -0.3 is 10.1 Å². The zero-order chi connectivity index (χ0) is 10.2. The summed E-state index contributed by atoms with van der Waals surface area (Å²) in [6, 6.07) is 10.5. The molecule has 0 radical (unpaired) electrons. The summed E-state index contributed by atoms with van der Waals surface area (Å²) in [4.78, 5) is 10.3. The molecule has 0 aliphatic heterocycles. The number of carbonyl (C=O) groups is 1. The predicted octanol–water partition coefficient (Wildman–Crippen LogP) is 2.14. The van der Waals surface area contributed by atoms with E-state index in [1.807, 2.05) is 18.2 Å². The van der Waals surface area contributed by atoms with Crippen molar-refractivity contribution in [3.63, 3.8) is 0 Å². The van der Waals surface area contributed by atoms with Crippen molar-refractivity contribution in [3.8, 4) is 0 Å². The molecule has 0 spiro atoms. The number of benzene rings is 1. The van der Waals surface area contributed by atoms with Gasteiger partial charge in [-0.05, 0) is 12.0 Å². The molecule has 0 fully saturated rings. The Morgan fingerprint density at radius 2 is 2.07 bits per heavy atom. The van der Waals surface area contributed by atoms with Gasteiger partial charge in [-0.2, -0.15) is 0 Å². The van der Waals surface area contributed by atoms with Crippen molar-refractivity contribution in [1.29, 1.82) is 0 Å². The van der Waals surface area contributed by atoms with Gasteiger partial charge in [-0.3, -0.25) is 0 Å². The fourth-order valence-electron chi connectivity index (χ4n) is 1.37. The van der Waals surface area contributed by atoms with E-state index in [4.69, 9.17) is 0 Å². The molecule has 14 heavy (non-hydrogen) atoms. The Hall–Kier alpha value is -1.15. The number of nitrogens with one attached hydrogen (secondary N) is 1. The maximum Gasteiger partial charge on any atom is 0.121 e. The Bertz CT molecular complexity index is 258. The quantitative estimate of drug-likeness (QED) is 0.698. The normalized spacial score (nSPS) is 12.4. The van der Waals surface area contributed by atoms with E-state index in [0.29, 0.717) is 12.5 Å². The van der Waals surface area contributed by atoms with Gasteiger partial charge >= 0.3 is 0 Å². The van der Waals surface area contributed by atoms with Crippen molar-refractivity contribution in [2.75, 3.05) is 0 Å². The first-order chi connectivity index (χ1) is 6.86. The molecule has 0 aromatic heterocycles. The highest BCUT2D eigenvalue weighted by molar-refractivity contribution is 5.50. The third kappa shape index (κ3) is 3.71. The van der Waals surface area contributed by atoms with Crippen LogP contribution in [0.15, 0.2) is 30.3 Å². The molecule has 0 amide bonds. The molecule has 0 saturated heterocycles. The van der Waals surface area contributed by atoms with E-state index >= 15 is 0 Å². The lowest BCUT2D eigenvalue weighted by molar-refractivity contribution is -0.108. The van der Waals surface area contributed by atoms with Gasteiger partial charge in [-0.25, -0.2) is 0 Å². The highest BCUT2D eigenvalue weighted by Crippen LogP contribution is 2.01. The third-order valence-electron chi connectivity index (χ3n) is 2.31. The first kappa shape index (κ1) is 10.9. The number of aldehydes is 1. The molecule has 76 valence electrons. The Morgan fingerprint density at radius 1 is 1.36 bits per heavy atom. The number of carbonyl (C=O) groups excluding carboxylic acids is 1. The van der Waals surface area contributed by atoms with Crippen LogP contribution in [0.3, 0.4) is 0 Å². The highest BCUT2D eigenvalue weighted by atomic mass is 16.1. The lowest BCUT2D eigenvalue weighted by Crippen LogP contribution is -2.28. The first-order valence-corrected chi connectivity index (χ1v) is 5.07. The summed E-state index contributed by atoms with van der Waals surface area (Å²) in [5.74, 6) is 0. The van der Waals surface area contributed by atoms with E-state index < -0.39 is 0 Å². The Kier molecular flexibility index (Phi) is 4.94. The molecule has 0 aliphatic rings. The zero-order valence-corrected chi connectivity index (χ0v) is 8.57. The summed E-state index contributed by atoms with van der Waals surface area (Å²) in [6.45, 7) is 2.93. The molecule has 0 bridgehead atoms. The number of rotatable bonds is 6. The van der Waals surface area contributed by atoms with Crippen LogP contribution >= 0.6 is 0 Å². The van der Waals surface area contributed by atoms with Gasteiger partial charge in [-0.1, -0.05) is 37.3 Å². The Balaban J connectivity index is 2.35. The van der Waals surface area contributed by atoms with Gasteiger partial charge in [0.2, 0.25) is 0 Å². The van der Waals surface area contributed by atoms with Gasteiger partial charge in [0.25, 0.3) is 0 Å². The molecule has 1 rings (SSSR count). The van der Waals surface area contributed by atoms with Gasteiger partial charge in [-0.15, -0.1) is 0 Å². The van der Waals surface area contributed by atoms with Crippen LogP contribution in [0.4, 0.5) is 0 Å².